The molecule has 6 nitrogen and oxygen atoms in total. The minimum absolute atomic E-state index is 0. The summed E-state index contributed by atoms with van der Waals surface area (Å²) in [5.41, 5.74) is 1.36. The van der Waals surface area contributed by atoms with Gasteiger partial charge in [0.25, 0.3) is 0 Å². The second-order valence-electron chi connectivity index (χ2n) is 7.53. The molecule has 2 fully saturated rings. The van der Waals surface area contributed by atoms with Crippen LogP contribution in [0.25, 0.3) is 10.9 Å². The van der Waals surface area contributed by atoms with Gasteiger partial charge in [-0.15, -0.1) is 24.0 Å². The number of ether oxygens (including phenoxy) is 1. The van der Waals surface area contributed by atoms with Crippen LogP contribution in [0.4, 0.5) is 5.82 Å². The lowest BCUT2D eigenvalue weighted by Crippen LogP contribution is -2.41. The van der Waals surface area contributed by atoms with Crippen molar-refractivity contribution in [2.45, 2.75) is 19.8 Å². The van der Waals surface area contributed by atoms with Crippen molar-refractivity contribution in [3.63, 3.8) is 0 Å². The Kier molecular flexibility index (Phi) is 7.34. The molecule has 152 valence electrons. The number of likely N-dealkylation sites (tertiary alicyclic amines) is 1. The number of guanidine groups is 1. The van der Waals surface area contributed by atoms with Gasteiger partial charge in [-0.25, -0.2) is 4.98 Å². The molecule has 3 heterocycles. The molecular formula is C21H30IN5O. The zero-order valence-corrected chi connectivity index (χ0v) is 18.8. The van der Waals surface area contributed by atoms with E-state index in [1.165, 1.54) is 12.8 Å². The van der Waals surface area contributed by atoms with Crippen LogP contribution in [-0.2, 0) is 4.74 Å². The quantitative estimate of drug-likeness (QED) is 0.289. The summed E-state index contributed by atoms with van der Waals surface area (Å²) in [6.07, 6.45) is 2.38. The van der Waals surface area contributed by atoms with Crippen molar-refractivity contribution in [2.75, 3.05) is 51.3 Å². The second-order valence-corrected chi connectivity index (χ2v) is 7.53. The lowest BCUT2D eigenvalue weighted by atomic mass is 9.87. The van der Waals surface area contributed by atoms with Crippen LogP contribution in [0, 0.1) is 5.41 Å². The number of nitrogens with zero attached hydrogens (tertiary/aromatic N) is 3. The van der Waals surface area contributed by atoms with Gasteiger partial charge in [0.05, 0.1) is 18.7 Å². The molecule has 2 N–H and O–H groups in total. The van der Waals surface area contributed by atoms with Gasteiger partial charge >= 0.3 is 0 Å². The molecular weight excluding hydrogens is 465 g/mol. The average molecular weight is 495 g/mol. The minimum atomic E-state index is 0. The molecule has 2 saturated heterocycles. The first-order chi connectivity index (χ1) is 13.3. The number of halogens is 1. The van der Waals surface area contributed by atoms with Crippen molar-refractivity contribution in [1.82, 2.24) is 15.2 Å². The van der Waals surface area contributed by atoms with E-state index in [1.807, 2.05) is 24.3 Å². The monoisotopic (exact) mass is 495 g/mol. The molecule has 0 bridgehead atoms. The predicted octanol–water partition coefficient (Wildman–Crippen LogP) is 3.34. The summed E-state index contributed by atoms with van der Waals surface area (Å²) in [5.74, 6) is 1.92. The van der Waals surface area contributed by atoms with Crippen LogP contribution in [0.15, 0.2) is 41.4 Å². The highest BCUT2D eigenvalue weighted by Gasteiger charge is 2.42. The highest BCUT2D eigenvalue weighted by molar-refractivity contribution is 14.0. The van der Waals surface area contributed by atoms with E-state index >= 15 is 0 Å². The highest BCUT2D eigenvalue weighted by Crippen LogP contribution is 2.38. The van der Waals surface area contributed by atoms with Crippen molar-refractivity contribution in [3.8, 4) is 0 Å². The van der Waals surface area contributed by atoms with Gasteiger partial charge in [0.2, 0.25) is 0 Å². The Morgan fingerprint density at radius 3 is 2.96 bits per heavy atom. The molecule has 0 saturated carbocycles. The standard InChI is InChI=1S/C21H29N5O.HI/c1-2-22-20(26-13-9-21(15-26)10-14-27-16-21)24-12-11-23-19-8-7-17-5-3-4-6-18(17)25-19;/h3-8H,2,9-16H2,1H3,(H,22,24)(H,23,25);1H. The van der Waals surface area contributed by atoms with Crippen molar-refractivity contribution >= 4 is 46.7 Å². The molecule has 1 aromatic heterocycles. The fourth-order valence-corrected chi connectivity index (χ4v) is 4.02. The van der Waals surface area contributed by atoms with Gasteiger partial charge in [0.15, 0.2) is 5.96 Å². The third-order valence-corrected chi connectivity index (χ3v) is 5.54. The van der Waals surface area contributed by atoms with Gasteiger partial charge in [-0.3, -0.25) is 4.99 Å². The van der Waals surface area contributed by atoms with Crippen LogP contribution in [0.2, 0.25) is 0 Å². The zero-order chi connectivity index (χ0) is 18.5. The number of benzene rings is 1. The molecule has 0 amide bonds. The van der Waals surface area contributed by atoms with E-state index in [2.05, 4.69) is 39.6 Å². The number of pyridine rings is 1. The zero-order valence-electron chi connectivity index (χ0n) is 16.5. The van der Waals surface area contributed by atoms with Crippen molar-refractivity contribution in [3.05, 3.63) is 36.4 Å². The van der Waals surface area contributed by atoms with Gasteiger partial charge in [-0.2, -0.15) is 0 Å². The number of aromatic nitrogens is 1. The van der Waals surface area contributed by atoms with Crippen LogP contribution < -0.4 is 10.6 Å². The summed E-state index contributed by atoms with van der Waals surface area (Å²) in [6.45, 7) is 8.42. The van der Waals surface area contributed by atoms with E-state index in [0.29, 0.717) is 5.41 Å². The number of nitrogens with one attached hydrogen (secondary N) is 2. The maximum Gasteiger partial charge on any atom is 0.193 e. The van der Waals surface area contributed by atoms with Crippen LogP contribution in [0.5, 0.6) is 0 Å². The molecule has 2 aliphatic heterocycles. The fourth-order valence-electron chi connectivity index (χ4n) is 4.02. The van der Waals surface area contributed by atoms with Gasteiger partial charge in [0.1, 0.15) is 5.82 Å². The Morgan fingerprint density at radius 2 is 2.14 bits per heavy atom. The third-order valence-electron chi connectivity index (χ3n) is 5.54. The summed E-state index contributed by atoms with van der Waals surface area (Å²) in [4.78, 5) is 11.9. The summed E-state index contributed by atoms with van der Waals surface area (Å²) < 4.78 is 5.64. The van der Waals surface area contributed by atoms with Crippen LogP contribution >= 0.6 is 24.0 Å². The van der Waals surface area contributed by atoms with Crippen LogP contribution in [-0.4, -0.2) is 61.8 Å². The predicted molar refractivity (Wildman–Crippen MR) is 126 cm³/mol. The Balaban J connectivity index is 0.00000225. The highest BCUT2D eigenvalue weighted by atomic mass is 127. The molecule has 0 radical (unpaired) electrons. The molecule has 2 aromatic rings. The number of para-hydroxylation sites is 1. The number of hydrogen-bond donors (Lipinski definition) is 2. The largest absolute Gasteiger partial charge is 0.381 e. The first-order valence-corrected chi connectivity index (χ1v) is 9.99. The minimum Gasteiger partial charge on any atom is -0.381 e. The van der Waals surface area contributed by atoms with Crippen molar-refractivity contribution < 1.29 is 4.74 Å². The van der Waals surface area contributed by atoms with Gasteiger partial charge < -0.3 is 20.3 Å². The normalized spacial score (nSPS) is 21.9. The Labute approximate surface area is 184 Å². The summed E-state index contributed by atoms with van der Waals surface area (Å²) in [5, 5.41) is 8.00. The van der Waals surface area contributed by atoms with Gasteiger partial charge in [-0.05, 0) is 38.0 Å². The smallest absolute Gasteiger partial charge is 0.193 e. The molecule has 1 unspecified atom stereocenters. The Bertz CT molecular complexity index is 806. The molecule has 0 aliphatic carbocycles. The lowest BCUT2D eigenvalue weighted by molar-refractivity contribution is 0.156. The van der Waals surface area contributed by atoms with E-state index in [-0.39, 0.29) is 24.0 Å². The number of anilines is 1. The summed E-state index contributed by atoms with van der Waals surface area (Å²) in [7, 11) is 0. The molecule has 28 heavy (non-hydrogen) atoms. The summed E-state index contributed by atoms with van der Waals surface area (Å²) >= 11 is 0. The van der Waals surface area contributed by atoms with E-state index < -0.39 is 0 Å². The van der Waals surface area contributed by atoms with E-state index in [1.54, 1.807) is 0 Å². The van der Waals surface area contributed by atoms with Gasteiger partial charge in [-0.1, -0.05) is 18.2 Å². The van der Waals surface area contributed by atoms with Crippen LogP contribution in [0.1, 0.15) is 19.8 Å². The second kappa shape index (κ2) is 9.73. The molecule has 1 spiro atoms. The van der Waals surface area contributed by atoms with E-state index in [9.17, 15) is 0 Å². The third kappa shape index (κ3) is 4.86. The lowest BCUT2D eigenvalue weighted by Gasteiger charge is -2.25. The molecule has 4 rings (SSSR count). The summed E-state index contributed by atoms with van der Waals surface area (Å²) in [6, 6.07) is 12.3. The average Bonchev–Trinajstić information content (AvgIpc) is 3.34. The Hall–Kier alpha value is -1.61. The maximum absolute atomic E-state index is 5.64. The SMILES string of the molecule is CCNC(=NCCNc1ccc2ccccc2n1)N1CCC2(CCOC2)C1.I. The van der Waals surface area contributed by atoms with Crippen LogP contribution in [0.3, 0.4) is 0 Å². The Morgan fingerprint density at radius 1 is 1.25 bits per heavy atom. The van der Waals surface area contributed by atoms with Crippen molar-refractivity contribution in [2.24, 2.45) is 10.4 Å². The molecule has 2 aliphatic rings. The fraction of sp³-hybridized carbons (Fsp3) is 0.524. The van der Waals surface area contributed by atoms with Crippen molar-refractivity contribution in [1.29, 1.82) is 0 Å². The number of aliphatic imine (C=N–C) groups is 1. The van der Waals surface area contributed by atoms with E-state index in [4.69, 9.17) is 9.73 Å². The molecule has 7 heteroatoms. The first kappa shape index (κ1) is 21.1. The maximum atomic E-state index is 5.64. The number of rotatable bonds is 5. The topological polar surface area (TPSA) is 61.8 Å². The van der Waals surface area contributed by atoms with Gasteiger partial charge in [0, 0.05) is 43.6 Å². The molecule has 1 atom stereocenters. The number of hydrogen-bond acceptors (Lipinski definition) is 4. The first-order valence-electron chi connectivity index (χ1n) is 9.99. The molecule has 1 aromatic carbocycles. The van der Waals surface area contributed by atoms with E-state index in [0.717, 1.165) is 68.6 Å². The number of fused-ring (bicyclic) bond motifs is 1.